The Labute approximate surface area is 126 Å². The van der Waals surface area contributed by atoms with E-state index in [-0.39, 0.29) is 5.02 Å². The van der Waals surface area contributed by atoms with Gasteiger partial charge in [-0.15, -0.1) is 0 Å². The van der Waals surface area contributed by atoms with E-state index in [1.807, 2.05) is 0 Å². The summed E-state index contributed by atoms with van der Waals surface area (Å²) in [4.78, 5) is 4.45. The molecule has 21 heavy (non-hydrogen) atoms. The lowest BCUT2D eigenvalue weighted by Crippen LogP contribution is -2.21. The van der Waals surface area contributed by atoms with Crippen LogP contribution in [0.3, 0.4) is 0 Å². The molecule has 4 rings (SSSR count). The molecule has 0 amide bonds. The van der Waals surface area contributed by atoms with E-state index in [1.165, 1.54) is 12.5 Å². The summed E-state index contributed by atoms with van der Waals surface area (Å²) in [5.41, 5.74) is 0.487. The molecule has 6 heteroatoms. The van der Waals surface area contributed by atoms with Gasteiger partial charge in [-0.1, -0.05) is 28.9 Å². The first-order chi connectivity index (χ1) is 10.2. The van der Waals surface area contributed by atoms with Crippen LogP contribution < -0.4 is 5.32 Å². The third-order valence-corrected chi connectivity index (χ3v) is 4.77. The Hall–Kier alpha value is -1.46. The molecule has 3 unspecified atom stereocenters. The average molecular weight is 308 g/mol. The molecule has 2 aliphatic rings. The van der Waals surface area contributed by atoms with Crippen molar-refractivity contribution in [2.75, 3.05) is 0 Å². The van der Waals surface area contributed by atoms with E-state index in [9.17, 15) is 4.39 Å². The Balaban J connectivity index is 1.53. The smallest absolute Gasteiger partial charge is 0.231 e. The summed E-state index contributed by atoms with van der Waals surface area (Å²) in [6.45, 7) is 0. The van der Waals surface area contributed by atoms with Crippen molar-refractivity contribution in [3.05, 3.63) is 46.3 Å². The Kier molecular flexibility index (Phi) is 3.19. The first-order valence-corrected chi connectivity index (χ1v) is 7.60. The van der Waals surface area contributed by atoms with Crippen LogP contribution >= 0.6 is 11.6 Å². The van der Waals surface area contributed by atoms with Gasteiger partial charge >= 0.3 is 0 Å². The summed E-state index contributed by atoms with van der Waals surface area (Å²) in [5, 5.41) is 7.65. The van der Waals surface area contributed by atoms with E-state index in [1.54, 1.807) is 12.1 Å². The predicted octanol–water partition coefficient (Wildman–Crippen LogP) is 3.06. The highest BCUT2D eigenvalue weighted by Gasteiger charge is 2.42. The first-order valence-electron chi connectivity index (χ1n) is 7.22. The second-order valence-corrected chi connectivity index (χ2v) is 6.24. The molecule has 0 radical (unpaired) electrons. The summed E-state index contributed by atoms with van der Waals surface area (Å²) in [6.07, 6.45) is 3.74. The van der Waals surface area contributed by atoms with Gasteiger partial charge in [0.05, 0.1) is 10.9 Å². The van der Waals surface area contributed by atoms with Gasteiger partial charge in [0.1, 0.15) is 5.82 Å². The molecule has 2 aliphatic heterocycles. The molecule has 2 saturated heterocycles. The fourth-order valence-corrected chi connectivity index (χ4v) is 3.64. The lowest BCUT2D eigenvalue weighted by Gasteiger charge is -2.15. The molecule has 110 valence electrons. The van der Waals surface area contributed by atoms with Gasteiger partial charge in [0.2, 0.25) is 5.89 Å². The quantitative estimate of drug-likeness (QED) is 0.947. The van der Waals surface area contributed by atoms with E-state index in [0.29, 0.717) is 41.7 Å². The van der Waals surface area contributed by atoms with Crippen molar-refractivity contribution in [2.45, 2.75) is 43.7 Å². The molecule has 3 heterocycles. The maximum Gasteiger partial charge on any atom is 0.231 e. The van der Waals surface area contributed by atoms with Gasteiger partial charge in [-0.2, -0.15) is 4.98 Å². The highest BCUT2D eigenvalue weighted by molar-refractivity contribution is 6.30. The third-order valence-electron chi connectivity index (χ3n) is 4.48. The number of hydrogen-bond acceptors (Lipinski definition) is 4. The van der Waals surface area contributed by atoms with Crippen molar-refractivity contribution >= 4 is 11.6 Å². The lowest BCUT2D eigenvalue weighted by atomic mass is 9.89. The minimum atomic E-state index is -0.410. The summed E-state index contributed by atoms with van der Waals surface area (Å²) in [5.74, 6) is 1.07. The first kappa shape index (κ1) is 13.2. The van der Waals surface area contributed by atoms with Crippen LogP contribution in [0.1, 0.15) is 42.5 Å². The standard InChI is InChI=1S/C15H15ClFN3O/c16-11-3-1-2-8(14(11)17)6-13-19-15(21-20-13)10-7-9-4-5-12(10)18-9/h1-3,9-10,12,18H,4-7H2. The molecule has 2 aromatic rings. The number of nitrogens with zero attached hydrogens (tertiary/aromatic N) is 2. The van der Waals surface area contributed by atoms with Crippen molar-refractivity contribution in [1.82, 2.24) is 15.5 Å². The molecule has 0 spiro atoms. The van der Waals surface area contributed by atoms with Crippen LogP contribution in [0.2, 0.25) is 5.02 Å². The molecule has 0 saturated carbocycles. The third kappa shape index (κ3) is 2.34. The van der Waals surface area contributed by atoms with E-state index < -0.39 is 5.82 Å². The number of fused-ring (bicyclic) bond motifs is 2. The second kappa shape index (κ2) is 5.07. The molecule has 2 bridgehead atoms. The molecular formula is C15H15ClFN3O. The number of rotatable bonds is 3. The average Bonchev–Trinajstić information content (AvgIpc) is 3.19. The van der Waals surface area contributed by atoms with Crippen LogP contribution in [0.5, 0.6) is 0 Å². The van der Waals surface area contributed by atoms with Crippen LogP contribution in [0.15, 0.2) is 22.7 Å². The zero-order chi connectivity index (χ0) is 14.4. The SMILES string of the molecule is Fc1c(Cl)cccc1Cc1noc(C2CC3CCC2N3)n1. The second-order valence-electron chi connectivity index (χ2n) is 5.83. The zero-order valence-electron chi connectivity index (χ0n) is 11.4. The van der Waals surface area contributed by atoms with Gasteiger partial charge in [0, 0.05) is 18.5 Å². The van der Waals surface area contributed by atoms with Crippen molar-refractivity contribution < 1.29 is 8.91 Å². The Morgan fingerprint density at radius 3 is 3.05 bits per heavy atom. The van der Waals surface area contributed by atoms with Gasteiger partial charge in [0.25, 0.3) is 0 Å². The number of hydrogen-bond donors (Lipinski definition) is 1. The monoisotopic (exact) mass is 307 g/mol. The predicted molar refractivity (Wildman–Crippen MR) is 75.8 cm³/mol. The molecule has 0 aliphatic carbocycles. The summed E-state index contributed by atoms with van der Waals surface area (Å²) < 4.78 is 19.3. The van der Waals surface area contributed by atoms with Gasteiger partial charge in [-0.25, -0.2) is 4.39 Å². The summed E-state index contributed by atoms with van der Waals surface area (Å²) >= 11 is 5.78. The van der Waals surface area contributed by atoms with Crippen molar-refractivity contribution in [2.24, 2.45) is 0 Å². The van der Waals surface area contributed by atoms with Crippen LogP contribution in [0, 0.1) is 5.82 Å². The lowest BCUT2D eigenvalue weighted by molar-refractivity contribution is 0.327. The molecule has 4 nitrogen and oxygen atoms in total. The Bertz CT molecular complexity index is 675. The van der Waals surface area contributed by atoms with E-state index >= 15 is 0 Å². The molecule has 1 aromatic carbocycles. The minimum Gasteiger partial charge on any atom is -0.339 e. The molecule has 1 aromatic heterocycles. The normalized spacial score (nSPS) is 27.4. The van der Waals surface area contributed by atoms with Gasteiger partial charge in [-0.3, -0.25) is 0 Å². The van der Waals surface area contributed by atoms with Crippen molar-refractivity contribution in [3.63, 3.8) is 0 Å². The summed E-state index contributed by atoms with van der Waals surface area (Å²) in [6, 6.07) is 5.98. The highest BCUT2D eigenvalue weighted by Crippen LogP contribution is 2.39. The number of nitrogens with one attached hydrogen (secondary N) is 1. The highest BCUT2D eigenvalue weighted by atomic mass is 35.5. The fraction of sp³-hybridized carbons (Fsp3) is 0.467. The van der Waals surface area contributed by atoms with Gasteiger partial charge in [0.15, 0.2) is 5.82 Å². The minimum absolute atomic E-state index is 0.119. The number of aromatic nitrogens is 2. The largest absolute Gasteiger partial charge is 0.339 e. The number of benzene rings is 1. The van der Waals surface area contributed by atoms with E-state index in [2.05, 4.69) is 15.5 Å². The van der Waals surface area contributed by atoms with Gasteiger partial charge < -0.3 is 9.84 Å². The molecule has 1 N–H and O–H groups in total. The maximum absolute atomic E-state index is 13.9. The van der Waals surface area contributed by atoms with Gasteiger partial charge in [-0.05, 0) is 30.9 Å². The molecule has 2 fully saturated rings. The maximum atomic E-state index is 13.9. The van der Waals surface area contributed by atoms with Crippen LogP contribution in [-0.4, -0.2) is 22.2 Å². The van der Waals surface area contributed by atoms with Crippen molar-refractivity contribution in [1.29, 1.82) is 0 Å². The zero-order valence-corrected chi connectivity index (χ0v) is 12.1. The van der Waals surface area contributed by atoms with Crippen LogP contribution in [0.25, 0.3) is 0 Å². The van der Waals surface area contributed by atoms with E-state index in [0.717, 1.165) is 12.8 Å². The molecule has 3 atom stereocenters. The van der Waals surface area contributed by atoms with E-state index in [4.69, 9.17) is 16.1 Å². The fourth-order valence-electron chi connectivity index (χ4n) is 3.44. The Morgan fingerprint density at radius 2 is 2.29 bits per heavy atom. The number of halogens is 2. The van der Waals surface area contributed by atoms with Crippen LogP contribution in [0.4, 0.5) is 4.39 Å². The Morgan fingerprint density at radius 1 is 1.38 bits per heavy atom. The topological polar surface area (TPSA) is 51.0 Å². The summed E-state index contributed by atoms with van der Waals surface area (Å²) in [7, 11) is 0. The molecular weight excluding hydrogens is 293 g/mol. The van der Waals surface area contributed by atoms with Crippen molar-refractivity contribution in [3.8, 4) is 0 Å². The van der Waals surface area contributed by atoms with Crippen LogP contribution in [-0.2, 0) is 6.42 Å².